The van der Waals surface area contributed by atoms with Gasteiger partial charge in [0.05, 0.1) is 16.5 Å². The van der Waals surface area contributed by atoms with E-state index < -0.39 is 22.5 Å². The Kier molecular flexibility index (Phi) is 6.27. The standard InChI is InChI=1S/C21H24N2O4S/c1-15-12-17(21(2,3)4)8-11-19(15)27-20(24)14-23(5)28(25,26)18-9-6-16(13-22)7-10-18/h6-12H,14H2,1-5H3. The van der Waals surface area contributed by atoms with Gasteiger partial charge in [0.25, 0.3) is 0 Å². The molecule has 2 aromatic rings. The van der Waals surface area contributed by atoms with Crippen LogP contribution in [0.4, 0.5) is 0 Å². The summed E-state index contributed by atoms with van der Waals surface area (Å²) in [5.41, 5.74) is 2.25. The number of hydrogen-bond acceptors (Lipinski definition) is 5. The van der Waals surface area contributed by atoms with Crippen molar-refractivity contribution in [3.05, 3.63) is 59.2 Å². The first kappa shape index (κ1) is 21.6. The molecule has 0 fully saturated rings. The van der Waals surface area contributed by atoms with Gasteiger partial charge in [-0.05, 0) is 53.8 Å². The van der Waals surface area contributed by atoms with Gasteiger partial charge >= 0.3 is 5.97 Å². The number of esters is 1. The minimum atomic E-state index is -3.86. The van der Waals surface area contributed by atoms with Crippen molar-refractivity contribution in [3.63, 3.8) is 0 Å². The second kappa shape index (κ2) is 8.13. The molecular formula is C21H24N2O4S. The molecule has 0 saturated carbocycles. The number of rotatable bonds is 5. The quantitative estimate of drug-likeness (QED) is 0.567. The molecule has 0 bridgehead atoms. The van der Waals surface area contributed by atoms with E-state index in [1.807, 2.05) is 25.1 Å². The summed E-state index contributed by atoms with van der Waals surface area (Å²) in [7, 11) is -2.55. The summed E-state index contributed by atoms with van der Waals surface area (Å²) in [5, 5.41) is 8.81. The Labute approximate surface area is 166 Å². The summed E-state index contributed by atoms with van der Waals surface area (Å²) in [6, 6.07) is 13.0. The van der Waals surface area contributed by atoms with E-state index in [0.29, 0.717) is 11.3 Å². The Morgan fingerprint density at radius 1 is 1.14 bits per heavy atom. The molecular weight excluding hydrogens is 376 g/mol. The SMILES string of the molecule is Cc1cc(C(C)(C)C)ccc1OC(=O)CN(C)S(=O)(=O)c1ccc(C#N)cc1. The molecule has 0 N–H and O–H groups in total. The van der Waals surface area contributed by atoms with E-state index in [4.69, 9.17) is 10.00 Å². The summed E-state index contributed by atoms with van der Waals surface area (Å²) in [4.78, 5) is 12.3. The van der Waals surface area contributed by atoms with Gasteiger partial charge in [-0.25, -0.2) is 8.42 Å². The van der Waals surface area contributed by atoms with Crippen LogP contribution in [0.25, 0.3) is 0 Å². The lowest BCUT2D eigenvalue weighted by Crippen LogP contribution is -2.34. The fourth-order valence-electron chi connectivity index (χ4n) is 2.53. The third-order valence-electron chi connectivity index (χ3n) is 4.31. The van der Waals surface area contributed by atoms with Crippen LogP contribution in [0, 0.1) is 18.3 Å². The van der Waals surface area contributed by atoms with Gasteiger partial charge in [0.1, 0.15) is 12.3 Å². The van der Waals surface area contributed by atoms with Crippen LogP contribution in [-0.4, -0.2) is 32.3 Å². The zero-order chi connectivity index (χ0) is 21.1. The Balaban J connectivity index is 2.10. The van der Waals surface area contributed by atoms with Crippen molar-refractivity contribution in [1.82, 2.24) is 4.31 Å². The maximum atomic E-state index is 12.6. The molecule has 0 heterocycles. The van der Waals surface area contributed by atoms with E-state index in [9.17, 15) is 13.2 Å². The van der Waals surface area contributed by atoms with E-state index in [-0.39, 0.29) is 10.3 Å². The predicted molar refractivity (Wildman–Crippen MR) is 106 cm³/mol. The van der Waals surface area contributed by atoms with E-state index in [1.165, 1.54) is 31.3 Å². The molecule has 148 valence electrons. The summed E-state index contributed by atoms with van der Waals surface area (Å²) in [6.45, 7) is 7.70. The monoisotopic (exact) mass is 400 g/mol. The lowest BCUT2D eigenvalue weighted by molar-refractivity contribution is -0.134. The summed E-state index contributed by atoms with van der Waals surface area (Å²) < 4.78 is 31.4. The normalized spacial score (nSPS) is 11.9. The highest BCUT2D eigenvalue weighted by Gasteiger charge is 2.24. The molecule has 0 spiro atoms. The van der Waals surface area contributed by atoms with Crippen LogP contribution < -0.4 is 4.74 Å². The first-order chi connectivity index (χ1) is 12.9. The molecule has 0 aromatic heterocycles. The zero-order valence-corrected chi connectivity index (χ0v) is 17.5. The van der Waals surface area contributed by atoms with Gasteiger partial charge in [-0.1, -0.05) is 32.9 Å². The van der Waals surface area contributed by atoms with Gasteiger partial charge in [-0.3, -0.25) is 4.79 Å². The number of aryl methyl sites for hydroxylation is 1. The van der Waals surface area contributed by atoms with Crippen LogP contribution in [0.1, 0.15) is 37.5 Å². The Bertz CT molecular complexity index is 1010. The van der Waals surface area contributed by atoms with E-state index in [2.05, 4.69) is 20.8 Å². The van der Waals surface area contributed by atoms with Crippen molar-refractivity contribution in [3.8, 4) is 11.8 Å². The summed E-state index contributed by atoms with van der Waals surface area (Å²) in [5.74, 6) is -0.270. The molecule has 2 rings (SSSR count). The minimum absolute atomic E-state index is 0.00695. The maximum absolute atomic E-state index is 12.6. The molecule has 28 heavy (non-hydrogen) atoms. The number of nitrogens with zero attached hydrogens (tertiary/aromatic N) is 2. The van der Waals surface area contributed by atoms with Crippen molar-refractivity contribution in [2.45, 2.75) is 38.0 Å². The highest BCUT2D eigenvalue weighted by atomic mass is 32.2. The van der Waals surface area contributed by atoms with Gasteiger partial charge in [-0.15, -0.1) is 0 Å². The number of sulfonamides is 1. The first-order valence-electron chi connectivity index (χ1n) is 8.73. The maximum Gasteiger partial charge on any atom is 0.326 e. The molecule has 0 atom stereocenters. The van der Waals surface area contributed by atoms with Crippen molar-refractivity contribution >= 4 is 16.0 Å². The lowest BCUT2D eigenvalue weighted by atomic mass is 9.86. The molecule has 0 unspecified atom stereocenters. The molecule has 0 aliphatic carbocycles. The smallest absolute Gasteiger partial charge is 0.326 e. The average Bonchev–Trinajstić information content (AvgIpc) is 2.62. The highest BCUT2D eigenvalue weighted by Crippen LogP contribution is 2.27. The van der Waals surface area contributed by atoms with Gasteiger partial charge in [-0.2, -0.15) is 9.57 Å². The summed E-state index contributed by atoms with van der Waals surface area (Å²) >= 11 is 0. The number of likely N-dealkylation sites (N-methyl/N-ethyl adjacent to an activating group) is 1. The highest BCUT2D eigenvalue weighted by molar-refractivity contribution is 7.89. The number of carbonyl (C=O) groups excluding carboxylic acids is 1. The van der Waals surface area contributed by atoms with E-state index >= 15 is 0 Å². The minimum Gasteiger partial charge on any atom is -0.425 e. The third-order valence-corrected chi connectivity index (χ3v) is 6.13. The molecule has 0 amide bonds. The van der Waals surface area contributed by atoms with E-state index in [1.54, 1.807) is 6.07 Å². The Hall–Kier alpha value is -2.69. The molecule has 0 aliphatic rings. The number of ether oxygens (including phenoxy) is 1. The van der Waals surface area contributed by atoms with Crippen LogP contribution in [0.15, 0.2) is 47.4 Å². The van der Waals surface area contributed by atoms with Gasteiger partial charge < -0.3 is 4.74 Å². The molecule has 0 saturated heterocycles. The average molecular weight is 401 g/mol. The molecule has 7 heteroatoms. The molecule has 2 aromatic carbocycles. The molecule has 0 radical (unpaired) electrons. The molecule has 0 aliphatic heterocycles. The number of benzene rings is 2. The van der Waals surface area contributed by atoms with Crippen LogP contribution >= 0.6 is 0 Å². The van der Waals surface area contributed by atoms with Gasteiger partial charge in [0.15, 0.2) is 0 Å². The first-order valence-corrected chi connectivity index (χ1v) is 10.2. The topological polar surface area (TPSA) is 87.5 Å². The van der Waals surface area contributed by atoms with Crippen LogP contribution in [0.2, 0.25) is 0 Å². The number of nitriles is 1. The zero-order valence-electron chi connectivity index (χ0n) is 16.7. The largest absolute Gasteiger partial charge is 0.425 e. The lowest BCUT2D eigenvalue weighted by Gasteiger charge is -2.21. The third kappa shape index (κ3) is 4.97. The summed E-state index contributed by atoms with van der Waals surface area (Å²) in [6.07, 6.45) is 0. The van der Waals surface area contributed by atoms with Crippen molar-refractivity contribution < 1.29 is 17.9 Å². The van der Waals surface area contributed by atoms with E-state index in [0.717, 1.165) is 15.4 Å². The number of hydrogen-bond donors (Lipinski definition) is 0. The van der Waals surface area contributed by atoms with Crippen LogP contribution in [0.3, 0.4) is 0 Å². The van der Waals surface area contributed by atoms with Crippen molar-refractivity contribution in [2.75, 3.05) is 13.6 Å². The fraction of sp³-hybridized carbons (Fsp3) is 0.333. The second-order valence-electron chi connectivity index (χ2n) is 7.60. The van der Waals surface area contributed by atoms with Crippen LogP contribution in [0.5, 0.6) is 5.75 Å². The fourth-order valence-corrected chi connectivity index (χ4v) is 3.65. The van der Waals surface area contributed by atoms with Crippen molar-refractivity contribution in [1.29, 1.82) is 5.26 Å². The van der Waals surface area contributed by atoms with Gasteiger partial charge in [0, 0.05) is 7.05 Å². The second-order valence-corrected chi connectivity index (χ2v) is 9.65. The Morgan fingerprint density at radius 3 is 2.25 bits per heavy atom. The van der Waals surface area contributed by atoms with Gasteiger partial charge in [0.2, 0.25) is 10.0 Å². The number of carbonyl (C=O) groups is 1. The molecule has 6 nitrogen and oxygen atoms in total. The van der Waals surface area contributed by atoms with Crippen LogP contribution in [-0.2, 0) is 20.2 Å². The Morgan fingerprint density at radius 2 is 1.75 bits per heavy atom. The predicted octanol–water partition coefficient (Wildman–Crippen LogP) is 3.39. The van der Waals surface area contributed by atoms with Crippen molar-refractivity contribution in [2.24, 2.45) is 0 Å².